The highest BCUT2D eigenvalue weighted by atomic mass is 35.5. The summed E-state index contributed by atoms with van der Waals surface area (Å²) in [6.07, 6.45) is 1.59. The molecule has 1 heterocycles. The molecular weight excluding hydrogens is 295 g/mol. The lowest BCUT2D eigenvalue weighted by atomic mass is 10.2. The highest BCUT2D eigenvalue weighted by Gasteiger charge is 2.11. The maximum absolute atomic E-state index is 13.9. The van der Waals surface area contributed by atoms with Gasteiger partial charge < -0.3 is 14.8 Å². The number of benzene rings is 1. The number of nitrogens with zero attached hydrogens (tertiary/aromatic N) is 1. The van der Waals surface area contributed by atoms with Crippen LogP contribution in [0.15, 0.2) is 36.5 Å². The van der Waals surface area contributed by atoms with Crippen LogP contribution in [0.3, 0.4) is 0 Å². The minimum atomic E-state index is -0.594. The van der Waals surface area contributed by atoms with Crippen LogP contribution in [0.1, 0.15) is 5.56 Å². The third kappa shape index (κ3) is 4.39. The SMILES string of the molecule is COCCNCc1cccnc1Oc1cccc(Cl)c1F. The molecule has 0 amide bonds. The van der Waals surface area contributed by atoms with Crippen molar-refractivity contribution in [1.82, 2.24) is 10.3 Å². The molecule has 0 aliphatic heterocycles. The maximum atomic E-state index is 13.9. The van der Waals surface area contributed by atoms with Crippen molar-refractivity contribution in [3.05, 3.63) is 52.9 Å². The number of nitrogens with one attached hydrogen (secondary N) is 1. The second-order valence-corrected chi connectivity index (χ2v) is 4.70. The fraction of sp³-hybridized carbons (Fsp3) is 0.267. The third-order valence-corrected chi connectivity index (χ3v) is 3.06. The number of ether oxygens (including phenoxy) is 2. The summed E-state index contributed by atoms with van der Waals surface area (Å²) in [5, 5.41) is 3.21. The number of methoxy groups -OCH3 is 1. The van der Waals surface area contributed by atoms with Crippen LogP contribution in [0.5, 0.6) is 11.6 Å². The lowest BCUT2D eigenvalue weighted by Gasteiger charge is -2.11. The van der Waals surface area contributed by atoms with Crippen LogP contribution in [0, 0.1) is 5.82 Å². The molecule has 2 rings (SSSR count). The summed E-state index contributed by atoms with van der Waals surface area (Å²) in [7, 11) is 1.64. The molecule has 0 fully saturated rings. The summed E-state index contributed by atoms with van der Waals surface area (Å²) in [5.74, 6) is -0.189. The molecule has 21 heavy (non-hydrogen) atoms. The number of hydrogen-bond acceptors (Lipinski definition) is 4. The zero-order valence-electron chi connectivity index (χ0n) is 11.6. The highest BCUT2D eigenvalue weighted by Crippen LogP contribution is 2.29. The van der Waals surface area contributed by atoms with Gasteiger partial charge in [0.1, 0.15) is 0 Å². The predicted molar refractivity (Wildman–Crippen MR) is 79.3 cm³/mol. The molecule has 2 aromatic rings. The van der Waals surface area contributed by atoms with E-state index in [2.05, 4.69) is 10.3 Å². The zero-order chi connectivity index (χ0) is 15.1. The molecule has 0 radical (unpaired) electrons. The van der Waals surface area contributed by atoms with Crippen LogP contribution in [-0.4, -0.2) is 25.2 Å². The van der Waals surface area contributed by atoms with Gasteiger partial charge in [-0.1, -0.05) is 23.7 Å². The third-order valence-electron chi connectivity index (χ3n) is 2.77. The van der Waals surface area contributed by atoms with Crippen LogP contribution in [0.25, 0.3) is 0 Å². The van der Waals surface area contributed by atoms with Gasteiger partial charge in [0.15, 0.2) is 11.6 Å². The Labute approximate surface area is 127 Å². The van der Waals surface area contributed by atoms with Crippen molar-refractivity contribution in [1.29, 1.82) is 0 Å². The Balaban J connectivity index is 2.11. The van der Waals surface area contributed by atoms with E-state index in [1.807, 2.05) is 6.07 Å². The van der Waals surface area contributed by atoms with Crippen LogP contribution in [-0.2, 0) is 11.3 Å². The Morgan fingerprint density at radius 1 is 1.29 bits per heavy atom. The van der Waals surface area contributed by atoms with Crippen LogP contribution in [0.2, 0.25) is 5.02 Å². The normalized spacial score (nSPS) is 10.6. The summed E-state index contributed by atoms with van der Waals surface area (Å²) >= 11 is 5.74. The molecule has 6 heteroatoms. The zero-order valence-corrected chi connectivity index (χ0v) is 12.4. The van der Waals surface area contributed by atoms with Gasteiger partial charge in [-0.15, -0.1) is 0 Å². The summed E-state index contributed by atoms with van der Waals surface area (Å²) < 4.78 is 24.4. The van der Waals surface area contributed by atoms with E-state index in [0.29, 0.717) is 25.6 Å². The Kier molecular flexibility index (Phi) is 5.92. The van der Waals surface area contributed by atoms with E-state index >= 15 is 0 Å². The van der Waals surface area contributed by atoms with Crippen molar-refractivity contribution < 1.29 is 13.9 Å². The van der Waals surface area contributed by atoms with E-state index < -0.39 is 5.82 Å². The molecule has 0 aliphatic carbocycles. The molecule has 1 N–H and O–H groups in total. The quantitative estimate of drug-likeness (QED) is 0.796. The Hall–Kier alpha value is -1.69. The summed E-state index contributed by atoms with van der Waals surface area (Å²) in [5.41, 5.74) is 0.827. The molecular formula is C15H16ClFN2O2. The summed E-state index contributed by atoms with van der Waals surface area (Å²) in [6.45, 7) is 1.87. The Morgan fingerprint density at radius 3 is 2.95 bits per heavy atom. The van der Waals surface area contributed by atoms with Gasteiger partial charge in [0.25, 0.3) is 0 Å². The lowest BCUT2D eigenvalue weighted by molar-refractivity contribution is 0.199. The topological polar surface area (TPSA) is 43.4 Å². The van der Waals surface area contributed by atoms with Gasteiger partial charge >= 0.3 is 0 Å². The second-order valence-electron chi connectivity index (χ2n) is 4.29. The van der Waals surface area contributed by atoms with E-state index in [0.717, 1.165) is 5.56 Å². The standard InChI is InChI=1S/C15H16ClFN2O2/c1-20-9-8-18-10-11-4-3-7-19-15(11)21-13-6-2-5-12(16)14(13)17/h2-7,18H,8-10H2,1H3. The van der Waals surface area contributed by atoms with Gasteiger partial charge in [0.2, 0.25) is 5.88 Å². The van der Waals surface area contributed by atoms with Crippen LogP contribution in [0.4, 0.5) is 4.39 Å². The summed E-state index contributed by atoms with van der Waals surface area (Å²) in [4.78, 5) is 4.14. The first-order valence-corrected chi connectivity index (χ1v) is 6.85. The minimum Gasteiger partial charge on any atom is -0.436 e. The van der Waals surface area contributed by atoms with Crippen LogP contribution < -0.4 is 10.1 Å². The Morgan fingerprint density at radius 2 is 2.14 bits per heavy atom. The number of halogens is 2. The van der Waals surface area contributed by atoms with E-state index in [9.17, 15) is 4.39 Å². The van der Waals surface area contributed by atoms with E-state index in [4.69, 9.17) is 21.1 Å². The largest absolute Gasteiger partial charge is 0.436 e. The molecule has 112 valence electrons. The fourth-order valence-corrected chi connectivity index (χ4v) is 1.88. The van der Waals surface area contributed by atoms with Crippen molar-refractivity contribution in [3.8, 4) is 11.6 Å². The van der Waals surface area contributed by atoms with Gasteiger partial charge in [-0.25, -0.2) is 9.37 Å². The van der Waals surface area contributed by atoms with Gasteiger partial charge in [-0.3, -0.25) is 0 Å². The van der Waals surface area contributed by atoms with Crippen molar-refractivity contribution in [2.45, 2.75) is 6.54 Å². The molecule has 0 spiro atoms. The molecule has 0 saturated carbocycles. The maximum Gasteiger partial charge on any atom is 0.223 e. The molecule has 4 nitrogen and oxygen atoms in total. The van der Waals surface area contributed by atoms with Crippen LogP contribution >= 0.6 is 11.6 Å². The molecule has 1 aromatic heterocycles. The number of hydrogen-bond donors (Lipinski definition) is 1. The van der Waals surface area contributed by atoms with Gasteiger partial charge in [-0.2, -0.15) is 0 Å². The van der Waals surface area contributed by atoms with E-state index in [1.54, 1.807) is 25.4 Å². The summed E-state index contributed by atoms with van der Waals surface area (Å²) in [6, 6.07) is 8.27. The number of aromatic nitrogens is 1. The van der Waals surface area contributed by atoms with E-state index in [1.165, 1.54) is 12.1 Å². The average Bonchev–Trinajstić information content (AvgIpc) is 2.50. The van der Waals surface area contributed by atoms with Crippen molar-refractivity contribution in [2.75, 3.05) is 20.3 Å². The molecule has 1 aromatic carbocycles. The van der Waals surface area contributed by atoms with Gasteiger partial charge in [0.05, 0.1) is 11.6 Å². The first-order chi connectivity index (χ1) is 10.2. The monoisotopic (exact) mass is 310 g/mol. The Bertz CT molecular complexity index is 596. The minimum absolute atomic E-state index is 0.0169. The smallest absolute Gasteiger partial charge is 0.223 e. The van der Waals surface area contributed by atoms with E-state index in [-0.39, 0.29) is 10.8 Å². The number of rotatable bonds is 7. The molecule has 0 bridgehead atoms. The first-order valence-electron chi connectivity index (χ1n) is 6.47. The highest BCUT2D eigenvalue weighted by molar-refractivity contribution is 6.30. The fourth-order valence-electron chi connectivity index (χ4n) is 1.71. The average molecular weight is 311 g/mol. The molecule has 0 unspecified atom stereocenters. The van der Waals surface area contributed by atoms with Crippen molar-refractivity contribution in [3.63, 3.8) is 0 Å². The first kappa shape index (κ1) is 15.7. The van der Waals surface area contributed by atoms with Crippen molar-refractivity contribution >= 4 is 11.6 Å². The molecule has 0 atom stereocenters. The predicted octanol–water partition coefficient (Wildman–Crippen LogP) is 3.40. The second kappa shape index (κ2) is 7.93. The van der Waals surface area contributed by atoms with Crippen molar-refractivity contribution in [2.24, 2.45) is 0 Å². The molecule has 0 aliphatic rings. The van der Waals surface area contributed by atoms with Gasteiger partial charge in [-0.05, 0) is 18.2 Å². The lowest BCUT2D eigenvalue weighted by Crippen LogP contribution is -2.19. The van der Waals surface area contributed by atoms with Gasteiger partial charge in [0, 0.05) is 32.0 Å². The molecule has 0 saturated heterocycles. The number of pyridine rings is 1.